The van der Waals surface area contributed by atoms with Gasteiger partial charge in [-0.05, 0) is 60.7 Å². The summed E-state index contributed by atoms with van der Waals surface area (Å²) in [5, 5.41) is 3.87. The summed E-state index contributed by atoms with van der Waals surface area (Å²) in [6.07, 6.45) is 0.825. The van der Waals surface area contributed by atoms with E-state index in [2.05, 4.69) is 10.3 Å². The number of amides is 1. The van der Waals surface area contributed by atoms with Crippen LogP contribution in [0.25, 0.3) is 10.9 Å². The number of carbonyl (C=O) groups is 1. The highest BCUT2D eigenvalue weighted by molar-refractivity contribution is 7.89. The monoisotopic (exact) mass is 475 g/mol. The number of sulfonamides is 1. The lowest BCUT2D eigenvalue weighted by molar-refractivity contribution is -0.120. The molecule has 2 N–H and O–H groups in total. The number of pyridine rings is 1. The Balaban J connectivity index is 1.42. The molecule has 1 saturated heterocycles. The highest BCUT2D eigenvalue weighted by atomic mass is 35.5. The molecule has 0 atom stereocenters. The van der Waals surface area contributed by atoms with Gasteiger partial charge in [-0.25, -0.2) is 8.42 Å². The molecule has 0 saturated carbocycles. The maximum Gasteiger partial charge on any atom is 0.248 e. The van der Waals surface area contributed by atoms with E-state index in [0.717, 1.165) is 0 Å². The minimum absolute atomic E-state index is 0.160. The number of benzene rings is 2. The van der Waals surface area contributed by atoms with Crippen molar-refractivity contribution < 1.29 is 17.9 Å². The van der Waals surface area contributed by atoms with Gasteiger partial charge in [-0.15, -0.1) is 0 Å². The molecule has 1 aromatic heterocycles. The first kappa shape index (κ1) is 22.3. The maximum atomic E-state index is 13.1. The predicted molar refractivity (Wildman–Crippen MR) is 123 cm³/mol. The van der Waals surface area contributed by atoms with Gasteiger partial charge in [0.1, 0.15) is 5.75 Å². The number of rotatable bonds is 5. The highest BCUT2D eigenvalue weighted by Gasteiger charge is 2.32. The highest BCUT2D eigenvalue weighted by Crippen LogP contribution is 2.29. The van der Waals surface area contributed by atoms with E-state index < -0.39 is 10.0 Å². The summed E-state index contributed by atoms with van der Waals surface area (Å²) >= 11 is 6.10. The molecule has 2 aromatic carbocycles. The third kappa shape index (κ3) is 4.50. The van der Waals surface area contributed by atoms with Gasteiger partial charge in [-0.2, -0.15) is 4.31 Å². The molecule has 10 heteroatoms. The first-order valence-electron chi connectivity index (χ1n) is 10.1. The number of nitrogens with zero attached hydrogens (tertiary/aromatic N) is 1. The standard InChI is InChI=1S/C22H22ClN3O5S/c1-31-20-6-3-16(13-18(20)23)24-22(28)14-8-10-26(11-9-14)32(29,30)17-4-5-19-15(12-17)2-7-21(27)25-19/h2-7,12-14H,8-11H2,1H3,(H,24,28)(H,25,27). The van der Waals surface area contributed by atoms with E-state index in [1.165, 1.54) is 23.5 Å². The van der Waals surface area contributed by atoms with Crippen LogP contribution >= 0.6 is 11.6 Å². The number of piperidine rings is 1. The normalized spacial score (nSPS) is 15.6. The Morgan fingerprint density at radius 1 is 1.12 bits per heavy atom. The van der Waals surface area contributed by atoms with Crippen molar-refractivity contribution >= 4 is 44.1 Å². The fourth-order valence-corrected chi connectivity index (χ4v) is 5.55. The average Bonchev–Trinajstić information content (AvgIpc) is 2.79. The fraction of sp³-hybridized carbons (Fsp3) is 0.273. The van der Waals surface area contributed by atoms with Crippen molar-refractivity contribution in [3.05, 3.63) is 63.9 Å². The molecule has 1 fully saturated rings. The van der Waals surface area contributed by atoms with Crippen LogP contribution < -0.4 is 15.6 Å². The summed E-state index contributed by atoms with van der Waals surface area (Å²) in [6.45, 7) is 0.487. The summed E-state index contributed by atoms with van der Waals surface area (Å²) in [6, 6.07) is 12.6. The molecule has 4 rings (SSSR count). The largest absolute Gasteiger partial charge is 0.495 e. The molecule has 32 heavy (non-hydrogen) atoms. The quantitative estimate of drug-likeness (QED) is 0.589. The molecule has 2 heterocycles. The van der Waals surface area contributed by atoms with Crippen molar-refractivity contribution in [3.8, 4) is 5.75 Å². The van der Waals surface area contributed by atoms with Gasteiger partial charge in [-0.3, -0.25) is 9.59 Å². The molecular weight excluding hydrogens is 454 g/mol. The van der Waals surface area contributed by atoms with E-state index in [1.54, 1.807) is 36.4 Å². The first-order valence-corrected chi connectivity index (χ1v) is 11.9. The van der Waals surface area contributed by atoms with E-state index in [1.807, 2.05) is 0 Å². The van der Waals surface area contributed by atoms with Crippen LogP contribution in [0.15, 0.2) is 58.2 Å². The summed E-state index contributed by atoms with van der Waals surface area (Å²) < 4.78 is 32.7. The molecule has 0 radical (unpaired) electrons. The smallest absolute Gasteiger partial charge is 0.248 e. The second-order valence-corrected chi connectivity index (χ2v) is 9.93. The summed E-state index contributed by atoms with van der Waals surface area (Å²) in [4.78, 5) is 26.9. The van der Waals surface area contributed by atoms with Crippen LogP contribution in [0, 0.1) is 5.92 Å². The number of H-pyrrole nitrogens is 1. The number of fused-ring (bicyclic) bond motifs is 1. The van der Waals surface area contributed by atoms with Crippen LogP contribution in [0.3, 0.4) is 0 Å². The van der Waals surface area contributed by atoms with Gasteiger partial charge in [0, 0.05) is 36.3 Å². The molecular formula is C22H22ClN3O5S. The fourth-order valence-electron chi connectivity index (χ4n) is 3.79. The van der Waals surface area contributed by atoms with Crippen LogP contribution in [0.4, 0.5) is 5.69 Å². The number of anilines is 1. The number of aromatic nitrogens is 1. The van der Waals surface area contributed by atoms with Crippen LogP contribution in [0.1, 0.15) is 12.8 Å². The van der Waals surface area contributed by atoms with E-state index in [0.29, 0.717) is 40.2 Å². The van der Waals surface area contributed by atoms with Crippen molar-refractivity contribution in [1.29, 1.82) is 0 Å². The lowest BCUT2D eigenvalue weighted by Gasteiger charge is -2.30. The first-order chi connectivity index (χ1) is 15.3. The maximum absolute atomic E-state index is 13.1. The second-order valence-electron chi connectivity index (χ2n) is 7.59. The molecule has 1 aliphatic heterocycles. The molecule has 0 bridgehead atoms. The van der Waals surface area contributed by atoms with Gasteiger partial charge in [0.05, 0.1) is 17.0 Å². The van der Waals surface area contributed by atoms with Gasteiger partial charge in [0.2, 0.25) is 21.5 Å². The molecule has 0 spiro atoms. The molecule has 3 aromatic rings. The number of methoxy groups -OCH3 is 1. The van der Waals surface area contributed by atoms with Crippen molar-refractivity contribution in [2.45, 2.75) is 17.7 Å². The molecule has 0 unspecified atom stereocenters. The average molecular weight is 476 g/mol. The number of aromatic amines is 1. The van der Waals surface area contributed by atoms with Gasteiger partial charge in [0.25, 0.3) is 0 Å². The van der Waals surface area contributed by atoms with Gasteiger partial charge in [0.15, 0.2) is 0 Å². The van der Waals surface area contributed by atoms with Gasteiger partial charge in [-0.1, -0.05) is 11.6 Å². The topological polar surface area (TPSA) is 109 Å². The van der Waals surface area contributed by atoms with E-state index in [-0.39, 0.29) is 35.4 Å². The van der Waals surface area contributed by atoms with E-state index in [4.69, 9.17) is 16.3 Å². The Morgan fingerprint density at radius 2 is 1.88 bits per heavy atom. The lowest BCUT2D eigenvalue weighted by Crippen LogP contribution is -2.41. The molecule has 168 valence electrons. The van der Waals surface area contributed by atoms with Crippen molar-refractivity contribution in [2.24, 2.45) is 5.92 Å². The number of ether oxygens (including phenoxy) is 1. The van der Waals surface area contributed by atoms with Crippen LogP contribution in [0.2, 0.25) is 5.02 Å². The number of hydrogen-bond acceptors (Lipinski definition) is 5. The number of halogens is 1. The van der Waals surface area contributed by atoms with Crippen molar-refractivity contribution in [2.75, 3.05) is 25.5 Å². The Morgan fingerprint density at radius 3 is 2.56 bits per heavy atom. The second kappa shape index (κ2) is 8.93. The van der Waals surface area contributed by atoms with Crippen LogP contribution in [-0.4, -0.2) is 43.8 Å². The zero-order valence-corrected chi connectivity index (χ0v) is 18.9. The minimum Gasteiger partial charge on any atom is -0.495 e. The third-order valence-corrected chi connectivity index (χ3v) is 7.77. The Labute approximate surface area is 190 Å². The molecule has 8 nitrogen and oxygen atoms in total. The van der Waals surface area contributed by atoms with Crippen LogP contribution in [-0.2, 0) is 14.8 Å². The van der Waals surface area contributed by atoms with Crippen molar-refractivity contribution in [1.82, 2.24) is 9.29 Å². The van der Waals surface area contributed by atoms with Crippen molar-refractivity contribution in [3.63, 3.8) is 0 Å². The number of hydrogen-bond donors (Lipinski definition) is 2. The molecule has 0 aliphatic carbocycles. The van der Waals surface area contributed by atoms with Gasteiger partial charge < -0.3 is 15.0 Å². The number of carbonyl (C=O) groups excluding carboxylic acids is 1. The Kier molecular flexibility index (Phi) is 6.23. The third-order valence-electron chi connectivity index (χ3n) is 5.58. The Hall–Kier alpha value is -2.88. The molecule has 1 aliphatic rings. The lowest BCUT2D eigenvalue weighted by atomic mass is 9.97. The summed E-state index contributed by atoms with van der Waals surface area (Å²) in [5.74, 6) is 0.0465. The zero-order valence-electron chi connectivity index (χ0n) is 17.3. The van der Waals surface area contributed by atoms with Gasteiger partial charge >= 0.3 is 0 Å². The SMILES string of the molecule is COc1ccc(NC(=O)C2CCN(S(=O)(=O)c3ccc4[nH]c(=O)ccc4c3)CC2)cc1Cl. The minimum atomic E-state index is -3.71. The Bertz CT molecular complexity index is 1330. The summed E-state index contributed by atoms with van der Waals surface area (Å²) in [5.41, 5.74) is 0.890. The molecule has 1 amide bonds. The zero-order chi connectivity index (χ0) is 22.9. The predicted octanol–water partition coefficient (Wildman–Crippen LogP) is 3.23. The summed E-state index contributed by atoms with van der Waals surface area (Å²) in [7, 11) is -2.19. The van der Waals surface area contributed by atoms with Crippen LogP contribution in [0.5, 0.6) is 5.75 Å². The van der Waals surface area contributed by atoms with E-state index >= 15 is 0 Å². The van der Waals surface area contributed by atoms with E-state index in [9.17, 15) is 18.0 Å². The number of nitrogens with one attached hydrogen (secondary N) is 2.